The molecule has 0 aliphatic rings. The number of rotatable bonds is 12. The Bertz CT molecular complexity index is 1750. The van der Waals surface area contributed by atoms with Crippen LogP contribution < -0.4 is 9.47 Å². The third-order valence-electron chi connectivity index (χ3n) is 6.40. The fraction of sp³-hybridized carbons (Fsp3) is 0.297. The molecule has 0 radical (unpaired) electrons. The quantitative estimate of drug-likeness (QED) is 0.136. The molecule has 4 aromatic rings. The van der Waals surface area contributed by atoms with Gasteiger partial charge in [0, 0.05) is 14.7 Å². The van der Waals surface area contributed by atoms with Crippen molar-refractivity contribution in [2.45, 2.75) is 79.3 Å². The van der Waals surface area contributed by atoms with Crippen molar-refractivity contribution in [3.05, 3.63) is 109 Å². The van der Waals surface area contributed by atoms with Crippen LogP contribution in [0, 0.1) is 6.92 Å². The van der Waals surface area contributed by atoms with Gasteiger partial charge in [0.05, 0.1) is 4.90 Å². The molecule has 0 saturated heterocycles. The van der Waals surface area contributed by atoms with Crippen molar-refractivity contribution in [3.8, 4) is 11.5 Å². The van der Waals surface area contributed by atoms with Crippen molar-refractivity contribution in [2.24, 2.45) is 0 Å². The highest BCUT2D eigenvalue weighted by Crippen LogP contribution is 2.70. The Morgan fingerprint density at radius 3 is 1.44 bits per heavy atom. The van der Waals surface area contributed by atoms with E-state index in [0.29, 0.717) is 26.2 Å². The van der Waals surface area contributed by atoms with Crippen LogP contribution in [0.4, 0.5) is 0 Å². The predicted octanol–water partition coefficient (Wildman–Crippen LogP) is 8.04. The van der Waals surface area contributed by atoms with Crippen molar-refractivity contribution < 1.29 is 40.6 Å². The minimum atomic E-state index is -4.39. The molecule has 0 aliphatic carbocycles. The summed E-state index contributed by atoms with van der Waals surface area (Å²) >= 11 is 0. The Kier molecular flexibility index (Phi) is 11.3. The Hall–Kier alpha value is -4.32. The van der Waals surface area contributed by atoms with E-state index in [9.17, 15) is 18.0 Å². The topological polar surface area (TPSA) is 114 Å². The first-order valence-corrected chi connectivity index (χ1v) is 18.2. The molecule has 0 fully saturated rings. The highest BCUT2D eigenvalue weighted by atomic mass is 32.3. The smallest absolute Gasteiger partial charge is 0.344 e. The third kappa shape index (κ3) is 9.85. The first kappa shape index (κ1) is 36.5. The first-order chi connectivity index (χ1) is 22.5. The zero-order chi connectivity index (χ0) is 35.2. The van der Waals surface area contributed by atoms with Crippen LogP contribution in [0.3, 0.4) is 0 Å². The van der Waals surface area contributed by atoms with Crippen molar-refractivity contribution >= 4 is 32.4 Å². The molecule has 0 aliphatic heterocycles. The second-order valence-electron chi connectivity index (χ2n) is 12.9. The Balaban J connectivity index is 1.86. The van der Waals surface area contributed by atoms with E-state index in [4.69, 9.17) is 22.6 Å². The summed E-state index contributed by atoms with van der Waals surface area (Å²) < 4.78 is 57.2. The molecule has 9 nitrogen and oxygen atoms in total. The van der Waals surface area contributed by atoms with E-state index in [1.165, 1.54) is 12.1 Å². The average molecular weight is 695 g/mol. The number of hydrogen-bond donors (Lipinski definition) is 0. The van der Waals surface area contributed by atoms with Gasteiger partial charge < -0.3 is 18.9 Å². The van der Waals surface area contributed by atoms with Crippen LogP contribution in [0.15, 0.2) is 123 Å². The average Bonchev–Trinajstić information content (AvgIpc) is 3.01. The van der Waals surface area contributed by atoms with Crippen LogP contribution in [0.1, 0.15) is 47.1 Å². The van der Waals surface area contributed by atoms with Gasteiger partial charge in [-0.25, -0.2) is 13.2 Å². The van der Waals surface area contributed by atoms with Gasteiger partial charge in [0.2, 0.25) is 0 Å². The number of carbonyl (C=O) groups excluding carboxylic acids is 2. The molecule has 48 heavy (non-hydrogen) atoms. The first-order valence-electron chi connectivity index (χ1n) is 15.3. The summed E-state index contributed by atoms with van der Waals surface area (Å²) in [7, 11) is -7.50. The van der Waals surface area contributed by atoms with E-state index >= 15 is 0 Å². The molecule has 0 heterocycles. The fourth-order valence-corrected chi connectivity index (χ4v) is 9.79. The van der Waals surface area contributed by atoms with Crippen LogP contribution in [0.25, 0.3) is 0 Å². The summed E-state index contributed by atoms with van der Waals surface area (Å²) in [5, 5.41) is 0. The van der Waals surface area contributed by atoms with Gasteiger partial charge >= 0.3 is 22.1 Å². The highest BCUT2D eigenvalue weighted by Gasteiger charge is 2.39. The Morgan fingerprint density at radius 2 is 1.00 bits per heavy atom. The predicted molar refractivity (Wildman–Crippen MR) is 184 cm³/mol. The second kappa shape index (κ2) is 14.8. The monoisotopic (exact) mass is 694 g/mol. The molecule has 256 valence electrons. The van der Waals surface area contributed by atoms with Gasteiger partial charge in [0.25, 0.3) is 0 Å². The molecule has 0 atom stereocenters. The SMILES string of the molecule is Cc1ccc(S(=O)(=O)OS(c2ccccc2)(c2cccc(OCC(=O)OC(C)(C)C)c2)c2cccc(OCC(=O)OC(C)(C)C)c2)cc1. The van der Waals surface area contributed by atoms with Gasteiger partial charge in [-0.3, -0.25) is 0 Å². The zero-order valence-corrected chi connectivity index (χ0v) is 29.9. The molecular formula is C37H42O9S2. The number of carbonyl (C=O) groups is 2. The number of aryl methyl sites for hydroxylation is 1. The molecule has 0 amide bonds. The maximum Gasteiger partial charge on any atom is 0.344 e. The maximum atomic E-state index is 14.2. The van der Waals surface area contributed by atoms with Crippen molar-refractivity contribution in [1.29, 1.82) is 0 Å². The molecule has 4 aromatic carbocycles. The minimum absolute atomic E-state index is 0.0180. The van der Waals surface area contributed by atoms with E-state index in [1.54, 1.807) is 126 Å². The fourth-order valence-electron chi connectivity index (χ4n) is 4.53. The normalized spacial score (nSPS) is 12.6. The third-order valence-corrected chi connectivity index (χ3v) is 11.6. The van der Waals surface area contributed by atoms with E-state index < -0.39 is 43.6 Å². The lowest BCUT2D eigenvalue weighted by molar-refractivity contribution is -0.158. The van der Waals surface area contributed by atoms with E-state index in [2.05, 4.69) is 0 Å². The van der Waals surface area contributed by atoms with Gasteiger partial charge in [-0.1, -0.05) is 48.0 Å². The minimum Gasteiger partial charge on any atom is -0.482 e. The lowest BCUT2D eigenvalue weighted by Crippen LogP contribution is -2.27. The number of hydrogen-bond acceptors (Lipinski definition) is 9. The lowest BCUT2D eigenvalue weighted by Gasteiger charge is -2.39. The van der Waals surface area contributed by atoms with Crippen LogP contribution in [0.5, 0.6) is 11.5 Å². The summed E-state index contributed by atoms with van der Waals surface area (Å²) in [6.07, 6.45) is 0. The van der Waals surface area contributed by atoms with Crippen LogP contribution in [-0.4, -0.2) is 44.8 Å². The van der Waals surface area contributed by atoms with Crippen LogP contribution in [-0.2, 0) is 32.8 Å². The molecule has 11 heteroatoms. The molecule has 0 spiro atoms. The number of esters is 2. The molecule has 0 N–H and O–H groups in total. The van der Waals surface area contributed by atoms with E-state index in [-0.39, 0.29) is 18.1 Å². The van der Waals surface area contributed by atoms with Crippen LogP contribution in [0.2, 0.25) is 0 Å². The van der Waals surface area contributed by atoms with Gasteiger partial charge in [-0.15, -0.1) is 0 Å². The van der Waals surface area contributed by atoms with E-state index in [0.717, 1.165) is 5.56 Å². The molecule has 0 saturated carbocycles. The number of ether oxygens (including phenoxy) is 4. The molecule has 0 unspecified atom stereocenters. The second-order valence-corrected chi connectivity index (χ2v) is 17.4. The summed E-state index contributed by atoms with van der Waals surface area (Å²) in [6, 6.07) is 29.0. The standard InChI is InChI=1S/C37H42O9S2/c1-27-19-21-31(22-20-27)48(40,41)46-47(30-15-9-8-10-16-30,32-17-11-13-28(23-32)42-25-34(38)44-36(2,3)4)33-18-12-14-29(24-33)43-26-35(39)45-37(5,6)7/h8-24H,25-26H2,1-7H3. The summed E-state index contributed by atoms with van der Waals surface area (Å²) in [4.78, 5) is 26.4. The largest absolute Gasteiger partial charge is 0.482 e. The Labute approximate surface area is 284 Å². The number of benzene rings is 4. The van der Waals surface area contributed by atoms with Crippen molar-refractivity contribution in [3.63, 3.8) is 0 Å². The summed E-state index contributed by atoms with van der Waals surface area (Å²) in [5.41, 5.74) is -0.492. The van der Waals surface area contributed by atoms with Gasteiger partial charge in [0.15, 0.2) is 13.2 Å². The molecule has 0 bridgehead atoms. The Morgan fingerprint density at radius 1 is 0.562 bits per heavy atom. The van der Waals surface area contributed by atoms with Gasteiger partial charge in [-0.05, 0) is 119 Å². The maximum absolute atomic E-state index is 14.2. The van der Waals surface area contributed by atoms with Gasteiger partial charge in [0.1, 0.15) is 22.7 Å². The molecule has 0 aromatic heterocycles. The summed E-state index contributed by atoms with van der Waals surface area (Å²) in [5.74, 6) is -0.495. The van der Waals surface area contributed by atoms with Crippen molar-refractivity contribution in [1.82, 2.24) is 0 Å². The lowest BCUT2D eigenvalue weighted by atomic mass is 10.2. The molecule has 4 rings (SSSR count). The van der Waals surface area contributed by atoms with Gasteiger partial charge in [-0.2, -0.15) is 8.42 Å². The van der Waals surface area contributed by atoms with Crippen LogP contribution >= 0.6 is 10.3 Å². The zero-order valence-electron chi connectivity index (χ0n) is 28.2. The van der Waals surface area contributed by atoms with E-state index in [1.807, 2.05) is 13.0 Å². The molecular weight excluding hydrogens is 653 g/mol. The van der Waals surface area contributed by atoms with Crippen molar-refractivity contribution in [2.75, 3.05) is 13.2 Å². The summed E-state index contributed by atoms with van der Waals surface area (Å²) in [6.45, 7) is 11.7. The highest BCUT2D eigenvalue weighted by molar-refractivity contribution is 8.33.